The normalized spacial score (nSPS) is 11.0. The van der Waals surface area contributed by atoms with E-state index < -0.39 is 0 Å². The molecule has 0 atom stereocenters. The van der Waals surface area contributed by atoms with Crippen LogP contribution in [0.4, 0.5) is 0 Å². The molecule has 72 valence electrons. The molecule has 3 aromatic rings. The lowest BCUT2D eigenvalue weighted by atomic mass is 10.1. The van der Waals surface area contributed by atoms with Gasteiger partial charge >= 0.3 is 0 Å². The number of hydrogen-bond donors (Lipinski definition) is 1. The first-order chi connectivity index (χ1) is 7.36. The highest BCUT2D eigenvalue weighted by Gasteiger charge is 2.03. The van der Waals surface area contributed by atoms with Crippen molar-refractivity contribution in [1.82, 2.24) is 4.98 Å². The summed E-state index contributed by atoms with van der Waals surface area (Å²) < 4.78 is 0. The minimum absolute atomic E-state index is 1.01. The molecule has 0 fully saturated rings. The van der Waals surface area contributed by atoms with E-state index in [0.29, 0.717) is 0 Å². The largest absolute Gasteiger partial charge is 0.256 e. The van der Waals surface area contributed by atoms with Crippen molar-refractivity contribution >= 4 is 34.3 Å². The topological polar surface area (TPSA) is 12.9 Å². The fourth-order valence-electron chi connectivity index (χ4n) is 1.90. The van der Waals surface area contributed by atoms with Gasteiger partial charge in [0.1, 0.15) is 0 Å². The second-order valence-corrected chi connectivity index (χ2v) is 4.00. The second kappa shape index (κ2) is 3.24. The van der Waals surface area contributed by atoms with E-state index in [1.165, 1.54) is 5.39 Å². The lowest BCUT2D eigenvalue weighted by molar-refractivity contribution is 1.42. The Balaban J connectivity index is 2.64. The third-order valence-electron chi connectivity index (χ3n) is 2.59. The second-order valence-electron chi connectivity index (χ2n) is 3.52. The first kappa shape index (κ1) is 8.74. The maximum absolute atomic E-state index is 4.50. The zero-order valence-corrected chi connectivity index (χ0v) is 8.91. The van der Waals surface area contributed by atoms with Crippen LogP contribution < -0.4 is 0 Å². The van der Waals surface area contributed by atoms with Gasteiger partial charge in [-0.1, -0.05) is 30.3 Å². The van der Waals surface area contributed by atoms with E-state index in [1.54, 1.807) is 0 Å². The molecule has 2 aromatic carbocycles. The van der Waals surface area contributed by atoms with Crippen LogP contribution in [0.25, 0.3) is 21.7 Å². The fraction of sp³-hybridized carbons (Fsp3) is 0. The molecule has 0 N–H and O–H groups in total. The Morgan fingerprint density at radius 1 is 0.933 bits per heavy atom. The Morgan fingerprint density at radius 2 is 1.73 bits per heavy atom. The molecule has 15 heavy (non-hydrogen) atoms. The fourth-order valence-corrected chi connectivity index (χ4v) is 2.23. The predicted octanol–water partition coefficient (Wildman–Crippen LogP) is 3.68. The van der Waals surface area contributed by atoms with E-state index >= 15 is 0 Å². The summed E-state index contributed by atoms with van der Waals surface area (Å²) in [6.07, 6.45) is 1.83. The summed E-state index contributed by atoms with van der Waals surface area (Å²) in [7, 11) is 0. The molecule has 0 saturated heterocycles. The third kappa shape index (κ3) is 1.29. The summed E-state index contributed by atoms with van der Waals surface area (Å²) in [6, 6.07) is 14.3. The molecule has 3 rings (SSSR count). The highest BCUT2D eigenvalue weighted by molar-refractivity contribution is 7.80. The molecular weight excluding hydrogens is 202 g/mol. The van der Waals surface area contributed by atoms with Crippen LogP contribution in [0.3, 0.4) is 0 Å². The van der Waals surface area contributed by atoms with Gasteiger partial charge in [-0.15, -0.1) is 12.6 Å². The SMILES string of the molecule is Sc1cc2cccnc2c2ccccc12. The Labute approximate surface area is 93.2 Å². The van der Waals surface area contributed by atoms with Gasteiger partial charge in [-0.05, 0) is 17.5 Å². The van der Waals surface area contributed by atoms with E-state index in [2.05, 4.69) is 41.9 Å². The van der Waals surface area contributed by atoms with Crippen molar-refractivity contribution in [3.8, 4) is 0 Å². The standard InChI is InChI=1S/C13H9NS/c15-12-8-9-4-3-7-14-13(9)11-6-2-1-5-10(11)12/h1-8,15H. The maximum atomic E-state index is 4.50. The highest BCUT2D eigenvalue weighted by Crippen LogP contribution is 2.28. The minimum Gasteiger partial charge on any atom is -0.256 e. The average molecular weight is 211 g/mol. The quantitative estimate of drug-likeness (QED) is 0.442. The van der Waals surface area contributed by atoms with Gasteiger partial charge in [-0.3, -0.25) is 4.98 Å². The lowest BCUT2D eigenvalue weighted by Gasteiger charge is -2.05. The number of hydrogen-bond acceptors (Lipinski definition) is 2. The molecule has 0 saturated carbocycles. The molecule has 0 aliphatic rings. The van der Waals surface area contributed by atoms with Crippen LogP contribution in [0.2, 0.25) is 0 Å². The van der Waals surface area contributed by atoms with Crippen molar-refractivity contribution in [2.24, 2.45) is 0 Å². The summed E-state index contributed by atoms with van der Waals surface area (Å²) in [5.41, 5.74) is 1.05. The van der Waals surface area contributed by atoms with Gasteiger partial charge in [0.25, 0.3) is 0 Å². The predicted molar refractivity (Wildman–Crippen MR) is 66.5 cm³/mol. The molecule has 0 amide bonds. The average Bonchev–Trinajstić information content (AvgIpc) is 2.30. The van der Waals surface area contributed by atoms with Crippen LogP contribution in [-0.4, -0.2) is 4.98 Å². The number of thiol groups is 1. The van der Waals surface area contributed by atoms with E-state index in [4.69, 9.17) is 0 Å². The molecule has 0 aliphatic heterocycles. The van der Waals surface area contributed by atoms with Gasteiger partial charge in [0.05, 0.1) is 5.52 Å². The lowest BCUT2D eigenvalue weighted by Crippen LogP contribution is -1.82. The summed E-state index contributed by atoms with van der Waals surface area (Å²) in [5, 5.41) is 3.47. The molecule has 0 aliphatic carbocycles. The Morgan fingerprint density at radius 3 is 2.60 bits per heavy atom. The Bertz CT molecular complexity index is 646. The molecule has 0 spiro atoms. The van der Waals surface area contributed by atoms with Gasteiger partial charge in [0.15, 0.2) is 0 Å². The number of rotatable bonds is 0. The first-order valence-corrected chi connectivity index (χ1v) is 5.26. The molecule has 0 bridgehead atoms. The highest BCUT2D eigenvalue weighted by atomic mass is 32.1. The minimum atomic E-state index is 1.01. The number of benzene rings is 2. The molecule has 1 aromatic heterocycles. The smallest absolute Gasteiger partial charge is 0.0781 e. The number of aromatic nitrogens is 1. The number of fused-ring (bicyclic) bond motifs is 3. The summed E-state index contributed by atoms with van der Waals surface area (Å²) in [6.45, 7) is 0. The van der Waals surface area contributed by atoms with Crippen molar-refractivity contribution in [1.29, 1.82) is 0 Å². The van der Waals surface area contributed by atoms with E-state index in [-0.39, 0.29) is 0 Å². The van der Waals surface area contributed by atoms with Crippen molar-refractivity contribution in [3.05, 3.63) is 48.7 Å². The van der Waals surface area contributed by atoms with Crippen LogP contribution >= 0.6 is 12.6 Å². The van der Waals surface area contributed by atoms with Gasteiger partial charge in [-0.2, -0.15) is 0 Å². The van der Waals surface area contributed by atoms with Gasteiger partial charge in [0.2, 0.25) is 0 Å². The van der Waals surface area contributed by atoms with Crippen LogP contribution in [0.15, 0.2) is 53.6 Å². The monoisotopic (exact) mass is 211 g/mol. The molecule has 2 heteroatoms. The summed E-state index contributed by atoms with van der Waals surface area (Å²) in [4.78, 5) is 5.42. The van der Waals surface area contributed by atoms with Crippen LogP contribution in [0, 0.1) is 0 Å². The Kier molecular flexibility index (Phi) is 1.89. The van der Waals surface area contributed by atoms with E-state index in [1.807, 2.05) is 24.4 Å². The van der Waals surface area contributed by atoms with Gasteiger partial charge in [-0.25, -0.2) is 0 Å². The molecular formula is C13H9NS. The van der Waals surface area contributed by atoms with Crippen molar-refractivity contribution in [2.45, 2.75) is 4.90 Å². The van der Waals surface area contributed by atoms with E-state index in [9.17, 15) is 0 Å². The van der Waals surface area contributed by atoms with Crippen LogP contribution in [-0.2, 0) is 0 Å². The number of nitrogens with zero attached hydrogens (tertiary/aromatic N) is 1. The van der Waals surface area contributed by atoms with Crippen LogP contribution in [0.1, 0.15) is 0 Å². The van der Waals surface area contributed by atoms with Crippen LogP contribution in [0.5, 0.6) is 0 Å². The van der Waals surface area contributed by atoms with Crippen molar-refractivity contribution in [2.75, 3.05) is 0 Å². The molecule has 1 heterocycles. The third-order valence-corrected chi connectivity index (χ3v) is 2.96. The zero-order chi connectivity index (χ0) is 10.3. The van der Waals surface area contributed by atoms with Crippen molar-refractivity contribution in [3.63, 3.8) is 0 Å². The zero-order valence-electron chi connectivity index (χ0n) is 8.01. The first-order valence-electron chi connectivity index (χ1n) is 4.82. The van der Waals surface area contributed by atoms with Gasteiger partial charge < -0.3 is 0 Å². The Hall–Kier alpha value is -1.54. The molecule has 0 unspecified atom stereocenters. The summed E-state index contributed by atoms with van der Waals surface area (Å²) in [5.74, 6) is 0. The number of pyridine rings is 1. The van der Waals surface area contributed by atoms with Gasteiger partial charge in [0, 0.05) is 21.9 Å². The molecule has 0 radical (unpaired) electrons. The maximum Gasteiger partial charge on any atom is 0.0781 e. The summed E-state index contributed by atoms with van der Waals surface area (Å²) >= 11 is 4.50. The van der Waals surface area contributed by atoms with Crippen molar-refractivity contribution < 1.29 is 0 Å². The molecule has 1 nitrogen and oxygen atoms in total. The van der Waals surface area contributed by atoms with E-state index in [0.717, 1.165) is 21.2 Å².